The smallest absolute Gasteiger partial charge is 0.123 e. The average Bonchev–Trinajstić information content (AvgIpc) is 2.18. The molecule has 2 rings (SSSR count). The highest BCUT2D eigenvalue weighted by molar-refractivity contribution is 5.88. The van der Waals surface area contributed by atoms with Crippen LogP contribution in [0.1, 0.15) is 5.56 Å². The van der Waals surface area contributed by atoms with Crippen molar-refractivity contribution >= 4 is 10.8 Å². The topological polar surface area (TPSA) is 40.5 Å². The van der Waals surface area contributed by atoms with Crippen molar-refractivity contribution in [2.45, 2.75) is 6.61 Å². The van der Waals surface area contributed by atoms with Gasteiger partial charge < -0.3 is 10.2 Å². The number of phenols is 1. The highest BCUT2D eigenvalue weighted by Crippen LogP contribution is 2.25. The summed E-state index contributed by atoms with van der Waals surface area (Å²) in [5.41, 5.74) is 0.733. The highest BCUT2D eigenvalue weighted by Gasteiger charge is 2.00. The van der Waals surface area contributed by atoms with Crippen LogP contribution in [0.5, 0.6) is 5.75 Å². The maximum atomic E-state index is 9.57. The lowest BCUT2D eigenvalue weighted by Crippen LogP contribution is -1.83. The lowest BCUT2D eigenvalue weighted by atomic mass is 10.1. The van der Waals surface area contributed by atoms with Crippen LogP contribution in [0, 0.1) is 0 Å². The molecule has 0 aliphatic rings. The van der Waals surface area contributed by atoms with Crippen LogP contribution in [-0.2, 0) is 6.61 Å². The maximum absolute atomic E-state index is 9.57. The molecule has 0 heterocycles. The fourth-order valence-electron chi connectivity index (χ4n) is 1.44. The van der Waals surface area contributed by atoms with E-state index < -0.39 is 0 Å². The van der Waals surface area contributed by atoms with Crippen LogP contribution in [0.3, 0.4) is 0 Å². The van der Waals surface area contributed by atoms with Gasteiger partial charge in [-0.3, -0.25) is 0 Å². The zero-order valence-corrected chi connectivity index (χ0v) is 7.07. The number of aliphatic hydroxyl groups is 1. The van der Waals surface area contributed by atoms with Crippen molar-refractivity contribution in [1.29, 1.82) is 0 Å². The van der Waals surface area contributed by atoms with Gasteiger partial charge in [-0.25, -0.2) is 0 Å². The largest absolute Gasteiger partial charge is 0.507 e. The Morgan fingerprint density at radius 1 is 1.08 bits per heavy atom. The number of rotatable bonds is 1. The molecule has 0 atom stereocenters. The summed E-state index contributed by atoms with van der Waals surface area (Å²) >= 11 is 0. The summed E-state index contributed by atoms with van der Waals surface area (Å²) in [4.78, 5) is 0. The van der Waals surface area contributed by atoms with Crippen molar-refractivity contribution in [3.05, 3.63) is 42.0 Å². The van der Waals surface area contributed by atoms with Crippen molar-refractivity contribution in [3.63, 3.8) is 0 Å². The second-order valence-electron chi connectivity index (χ2n) is 2.99. The zero-order valence-electron chi connectivity index (χ0n) is 7.07. The van der Waals surface area contributed by atoms with Gasteiger partial charge in [0, 0.05) is 5.39 Å². The van der Waals surface area contributed by atoms with Gasteiger partial charge in [-0.1, -0.05) is 24.3 Å². The van der Waals surface area contributed by atoms with Crippen molar-refractivity contribution in [1.82, 2.24) is 0 Å². The Labute approximate surface area is 76.1 Å². The monoisotopic (exact) mass is 174 g/mol. The van der Waals surface area contributed by atoms with E-state index in [0.717, 1.165) is 16.3 Å². The third-order valence-corrected chi connectivity index (χ3v) is 2.08. The number of benzene rings is 2. The van der Waals surface area contributed by atoms with E-state index in [0.29, 0.717) is 0 Å². The summed E-state index contributed by atoms with van der Waals surface area (Å²) in [6.45, 7) is -0.0433. The molecule has 0 unspecified atom stereocenters. The summed E-state index contributed by atoms with van der Waals surface area (Å²) in [7, 11) is 0. The number of aromatic hydroxyl groups is 1. The fourth-order valence-corrected chi connectivity index (χ4v) is 1.44. The molecule has 2 aromatic rings. The Balaban J connectivity index is 2.77. The van der Waals surface area contributed by atoms with E-state index in [1.165, 1.54) is 0 Å². The molecule has 0 radical (unpaired) electrons. The lowest BCUT2D eigenvalue weighted by molar-refractivity contribution is 0.281. The van der Waals surface area contributed by atoms with E-state index >= 15 is 0 Å². The average molecular weight is 174 g/mol. The minimum absolute atomic E-state index is 0.0433. The second-order valence-corrected chi connectivity index (χ2v) is 2.99. The summed E-state index contributed by atoms with van der Waals surface area (Å²) in [6, 6.07) is 11.0. The number of phenolic OH excluding ortho intramolecular Hbond substituents is 1. The first-order valence-electron chi connectivity index (χ1n) is 4.13. The predicted octanol–water partition coefficient (Wildman–Crippen LogP) is 2.04. The Kier molecular flexibility index (Phi) is 1.91. The van der Waals surface area contributed by atoms with E-state index in [1.54, 1.807) is 6.07 Å². The first-order chi connectivity index (χ1) is 6.31. The Bertz CT molecular complexity index is 435. The fraction of sp³-hybridized carbons (Fsp3) is 0.0909. The third-order valence-electron chi connectivity index (χ3n) is 2.08. The predicted molar refractivity (Wildman–Crippen MR) is 51.5 cm³/mol. The normalized spacial score (nSPS) is 10.5. The van der Waals surface area contributed by atoms with Gasteiger partial charge in [-0.2, -0.15) is 0 Å². The molecule has 2 heteroatoms. The molecule has 0 aliphatic carbocycles. The molecule has 0 bridgehead atoms. The quantitative estimate of drug-likeness (QED) is 0.694. The minimum Gasteiger partial charge on any atom is -0.507 e. The van der Waals surface area contributed by atoms with E-state index in [-0.39, 0.29) is 12.4 Å². The van der Waals surface area contributed by atoms with Gasteiger partial charge in [-0.05, 0) is 23.1 Å². The van der Waals surface area contributed by atoms with Crippen LogP contribution in [-0.4, -0.2) is 10.2 Å². The van der Waals surface area contributed by atoms with Gasteiger partial charge in [0.15, 0.2) is 0 Å². The van der Waals surface area contributed by atoms with Gasteiger partial charge >= 0.3 is 0 Å². The zero-order chi connectivity index (χ0) is 9.26. The molecule has 0 spiro atoms. The highest BCUT2D eigenvalue weighted by atomic mass is 16.3. The Hall–Kier alpha value is -1.54. The van der Waals surface area contributed by atoms with Crippen LogP contribution >= 0.6 is 0 Å². The SMILES string of the molecule is OCc1cc(O)c2ccccc2c1. The molecule has 0 amide bonds. The molecule has 0 aliphatic heterocycles. The lowest BCUT2D eigenvalue weighted by Gasteiger charge is -2.03. The van der Waals surface area contributed by atoms with E-state index in [4.69, 9.17) is 5.11 Å². The van der Waals surface area contributed by atoms with Gasteiger partial charge in [0.2, 0.25) is 0 Å². The summed E-state index contributed by atoms with van der Waals surface area (Å²) in [6.07, 6.45) is 0. The van der Waals surface area contributed by atoms with Crippen LogP contribution < -0.4 is 0 Å². The Morgan fingerprint density at radius 2 is 1.85 bits per heavy atom. The number of fused-ring (bicyclic) bond motifs is 1. The van der Waals surface area contributed by atoms with Crippen molar-refractivity contribution in [2.24, 2.45) is 0 Å². The minimum atomic E-state index is -0.0433. The van der Waals surface area contributed by atoms with Crippen LogP contribution in [0.15, 0.2) is 36.4 Å². The van der Waals surface area contributed by atoms with E-state index in [2.05, 4.69) is 0 Å². The summed E-state index contributed by atoms with van der Waals surface area (Å²) in [5.74, 6) is 0.224. The van der Waals surface area contributed by atoms with Gasteiger partial charge in [0.05, 0.1) is 6.61 Å². The molecule has 66 valence electrons. The van der Waals surface area contributed by atoms with Gasteiger partial charge in [-0.15, -0.1) is 0 Å². The number of hydrogen-bond acceptors (Lipinski definition) is 2. The first-order valence-corrected chi connectivity index (χ1v) is 4.13. The van der Waals surface area contributed by atoms with Crippen molar-refractivity contribution < 1.29 is 10.2 Å². The molecular formula is C11H10O2. The summed E-state index contributed by atoms with van der Waals surface area (Å²) < 4.78 is 0. The van der Waals surface area contributed by atoms with E-state index in [1.807, 2.05) is 30.3 Å². The van der Waals surface area contributed by atoms with E-state index in [9.17, 15) is 5.11 Å². The molecular weight excluding hydrogens is 164 g/mol. The molecule has 0 aromatic heterocycles. The second kappa shape index (κ2) is 3.07. The molecule has 2 nitrogen and oxygen atoms in total. The molecule has 2 aromatic carbocycles. The number of hydrogen-bond donors (Lipinski definition) is 2. The maximum Gasteiger partial charge on any atom is 0.123 e. The first kappa shape index (κ1) is 8.08. The standard InChI is InChI=1S/C11H10O2/c12-7-8-5-9-3-1-2-4-10(9)11(13)6-8/h1-6,12-13H,7H2. The molecule has 13 heavy (non-hydrogen) atoms. The molecule has 0 saturated heterocycles. The Morgan fingerprint density at radius 3 is 2.62 bits per heavy atom. The van der Waals surface area contributed by atoms with Crippen LogP contribution in [0.2, 0.25) is 0 Å². The van der Waals surface area contributed by atoms with Gasteiger partial charge in [0.25, 0.3) is 0 Å². The third kappa shape index (κ3) is 1.36. The van der Waals surface area contributed by atoms with Crippen LogP contribution in [0.25, 0.3) is 10.8 Å². The number of aliphatic hydroxyl groups excluding tert-OH is 1. The molecule has 2 N–H and O–H groups in total. The van der Waals surface area contributed by atoms with Crippen molar-refractivity contribution in [2.75, 3.05) is 0 Å². The van der Waals surface area contributed by atoms with Crippen LogP contribution in [0.4, 0.5) is 0 Å². The van der Waals surface area contributed by atoms with Gasteiger partial charge in [0.1, 0.15) is 5.75 Å². The summed E-state index contributed by atoms with van der Waals surface area (Å²) in [5, 5.41) is 20.3. The molecule has 0 fully saturated rings. The molecule has 0 saturated carbocycles. The van der Waals surface area contributed by atoms with Crippen molar-refractivity contribution in [3.8, 4) is 5.75 Å².